The third kappa shape index (κ3) is 3.87. The first-order valence-electron chi connectivity index (χ1n) is 9.41. The lowest BCUT2D eigenvalue weighted by atomic mass is 10.2. The third-order valence-corrected chi connectivity index (χ3v) is 5.54. The molecule has 1 aliphatic carbocycles. The number of nitrogens with one attached hydrogen (secondary N) is 2. The van der Waals surface area contributed by atoms with Crippen molar-refractivity contribution < 1.29 is 23.1 Å². The van der Waals surface area contributed by atoms with Crippen LogP contribution in [-0.4, -0.2) is 32.1 Å². The highest BCUT2D eigenvalue weighted by atomic mass is 19.1. The summed E-state index contributed by atoms with van der Waals surface area (Å²) in [4.78, 5) is 25.2. The van der Waals surface area contributed by atoms with Gasteiger partial charge in [-0.2, -0.15) is 0 Å². The van der Waals surface area contributed by atoms with Gasteiger partial charge in [0.25, 0.3) is 0 Å². The minimum Gasteiger partial charge on any atom is -0.444 e. The normalized spacial score (nSPS) is 22.0. The molecule has 152 valence electrons. The van der Waals surface area contributed by atoms with Crippen molar-refractivity contribution in [1.29, 1.82) is 0 Å². The molecule has 29 heavy (non-hydrogen) atoms. The summed E-state index contributed by atoms with van der Waals surface area (Å²) in [5.74, 6) is -1.36. The van der Waals surface area contributed by atoms with E-state index < -0.39 is 17.7 Å². The van der Waals surface area contributed by atoms with Gasteiger partial charge in [0.15, 0.2) is 11.6 Å². The molecule has 4 rings (SSSR count). The molecule has 6 nitrogen and oxygen atoms in total. The Morgan fingerprint density at radius 2 is 1.72 bits per heavy atom. The second-order valence-corrected chi connectivity index (χ2v) is 7.35. The van der Waals surface area contributed by atoms with Crippen LogP contribution in [0.4, 0.5) is 25.0 Å². The minimum atomic E-state index is -0.795. The first-order valence-corrected chi connectivity index (χ1v) is 9.41. The van der Waals surface area contributed by atoms with Crippen molar-refractivity contribution in [3.05, 3.63) is 59.7 Å². The summed E-state index contributed by atoms with van der Waals surface area (Å²) in [6, 6.07) is 11.2. The average Bonchev–Trinajstić information content (AvgIpc) is 3.20. The number of fused-ring (bicyclic) bond motifs is 1. The monoisotopic (exact) mass is 401 g/mol. The van der Waals surface area contributed by atoms with Crippen molar-refractivity contribution in [2.24, 2.45) is 17.8 Å². The third-order valence-electron chi connectivity index (χ3n) is 5.54. The van der Waals surface area contributed by atoms with Crippen molar-refractivity contribution in [3.8, 4) is 0 Å². The van der Waals surface area contributed by atoms with E-state index in [1.165, 1.54) is 0 Å². The highest BCUT2D eigenvalue weighted by Gasteiger charge is 2.59. The summed E-state index contributed by atoms with van der Waals surface area (Å²) in [6.45, 7) is 0.920. The van der Waals surface area contributed by atoms with Crippen LogP contribution in [0.1, 0.15) is 5.56 Å². The lowest BCUT2D eigenvalue weighted by molar-refractivity contribution is -0.122. The number of amides is 2. The molecule has 1 saturated heterocycles. The van der Waals surface area contributed by atoms with Crippen LogP contribution in [0.15, 0.2) is 42.5 Å². The smallest absolute Gasteiger partial charge is 0.411 e. The van der Waals surface area contributed by atoms with Crippen molar-refractivity contribution >= 4 is 23.4 Å². The number of rotatable bonds is 5. The molecule has 2 aromatic carbocycles. The molecular weight excluding hydrogens is 380 g/mol. The largest absolute Gasteiger partial charge is 0.444 e. The van der Waals surface area contributed by atoms with E-state index in [-0.39, 0.29) is 41.6 Å². The number of carbonyl (C=O) groups is 2. The number of hydrogen-bond acceptors (Lipinski definition) is 4. The molecule has 0 aromatic heterocycles. The Hall–Kier alpha value is -3.16. The van der Waals surface area contributed by atoms with Crippen LogP contribution < -0.4 is 15.5 Å². The molecular formula is C21H21F2N3O3. The first-order chi connectivity index (χ1) is 14.0. The van der Waals surface area contributed by atoms with Crippen molar-refractivity contribution in [3.63, 3.8) is 0 Å². The molecule has 1 heterocycles. The number of halogens is 2. The first kappa shape index (κ1) is 19.2. The van der Waals surface area contributed by atoms with E-state index in [2.05, 4.69) is 10.6 Å². The van der Waals surface area contributed by atoms with Crippen LogP contribution in [0.25, 0.3) is 0 Å². The zero-order valence-electron chi connectivity index (χ0n) is 15.8. The molecule has 0 bridgehead atoms. The van der Waals surface area contributed by atoms with Gasteiger partial charge in [-0.05, 0) is 29.5 Å². The van der Waals surface area contributed by atoms with Crippen LogP contribution in [0.2, 0.25) is 0 Å². The van der Waals surface area contributed by atoms with Crippen molar-refractivity contribution in [2.45, 2.75) is 6.61 Å². The summed E-state index contributed by atoms with van der Waals surface area (Å²) in [5.41, 5.74) is 0.656. The second kappa shape index (κ2) is 7.69. The molecule has 2 aromatic rings. The lowest BCUT2D eigenvalue weighted by Gasteiger charge is -2.23. The topological polar surface area (TPSA) is 70.7 Å². The molecule has 2 fully saturated rings. The maximum Gasteiger partial charge on any atom is 0.411 e. The van der Waals surface area contributed by atoms with Gasteiger partial charge in [0, 0.05) is 31.7 Å². The quantitative estimate of drug-likeness (QED) is 0.808. The second-order valence-electron chi connectivity index (χ2n) is 7.35. The van der Waals surface area contributed by atoms with E-state index in [1.807, 2.05) is 18.2 Å². The van der Waals surface area contributed by atoms with E-state index in [1.54, 1.807) is 24.1 Å². The van der Waals surface area contributed by atoms with E-state index >= 15 is 0 Å². The molecule has 2 N–H and O–H groups in total. The van der Waals surface area contributed by atoms with Crippen molar-refractivity contribution in [1.82, 2.24) is 5.32 Å². The van der Waals surface area contributed by atoms with E-state index in [0.717, 1.165) is 17.7 Å². The molecule has 1 aliphatic heterocycles. The van der Waals surface area contributed by atoms with Gasteiger partial charge < -0.3 is 15.0 Å². The summed E-state index contributed by atoms with van der Waals surface area (Å²) in [6.07, 6.45) is -0.795. The predicted molar refractivity (Wildman–Crippen MR) is 103 cm³/mol. The number of carbonyl (C=O) groups excluding carboxylic acids is 2. The van der Waals surface area contributed by atoms with E-state index in [0.29, 0.717) is 13.1 Å². The molecule has 2 aliphatic rings. The summed E-state index contributed by atoms with van der Waals surface area (Å²) in [7, 11) is 1.59. The SMILES string of the molecule is CNC(=O)C1C2CN(c3c(F)cc(NC(=O)OCc4ccccc4)cc3F)CC21. The van der Waals surface area contributed by atoms with Gasteiger partial charge in [0.05, 0.1) is 0 Å². The Kier molecular flexibility index (Phi) is 5.08. The van der Waals surface area contributed by atoms with Crippen LogP contribution in [0.5, 0.6) is 0 Å². The lowest BCUT2D eigenvalue weighted by Crippen LogP contribution is -2.31. The number of nitrogens with zero attached hydrogens (tertiary/aromatic N) is 1. The number of piperidine rings is 1. The minimum absolute atomic E-state index is 0.0191. The summed E-state index contributed by atoms with van der Waals surface area (Å²) >= 11 is 0. The maximum absolute atomic E-state index is 14.6. The predicted octanol–water partition coefficient (Wildman–Crippen LogP) is 3.14. The van der Waals surface area contributed by atoms with Gasteiger partial charge in [0.1, 0.15) is 12.3 Å². The van der Waals surface area contributed by atoms with Crippen LogP contribution in [0.3, 0.4) is 0 Å². The average molecular weight is 401 g/mol. The fraction of sp³-hybridized carbons (Fsp3) is 0.333. The van der Waals surface area contributed by atoms with Gasteiger partial charge in [0.2, 0.25) is 5.91 Å². The standard InChI is InChI=1S/C21H21F2N3O3/c1-24-20(27)18-14-9-26(10-15(14)18)19-16(22)7-13(8-17(19)23)25-21(28)29-11-12-5-3-2-4-6-12/h2-8,14-15,18H,9-11H2,1H3,(H,24,27)(H,25,28). The zero-order valence-corrected chi connectivity index (χ0v) is 15.8. The zero-order chi connectivity index (χ0) is 20.5. The molecule has 0 spiro atoms. The van der Waals surface area contributed by atoms with Gasteiger partial charge in [-0.3, -0.25) is 10.1 Å². The van der Waals surface area contributed by atoms with Crippen LogP contribution in [-0.2, 0) is 16.1 Å². The molecule has 2 atom stereocenters. The molecule has 2 unspecified atom stereocenters. The fourth-order valence-corrected chi connectivity index (χ4v) is 4.08. The van der Waals surface area contributed by atoms with Gasteiger partial charge in [-0.1, -0.05) is 30.3 Å². The maximum atomic E-state index is 14.6. The number of benzene rings is 2. The molecule has 0 radical (unpaired) electrons. The van der Waals surface area contributed by atoms with Gasteiger partial charge >= 0.3 is 6.09 Å². The Labute approximate surface area is 166 Å². The summed E-state index contributed by atoms with van der Waals surface area (Å²) in [5, 5.41) is 4.97. The number of hydrogen-bond donors (Lipinski definition) is 2. The molecule has 2 amide bonds. The Morgan fingerprint density at radius 1 is 1.10 bits per heavy atom. The Morgan fingerprint density at radius 3 is 2.31 bits per heavy atom. The van der Waals surface area contributed by atoms with Crippen LogP contribution >= 0.6 is 0 Å². The van der Waals surface area contributed by atoms with Crippen LogP contribution in [0, 0.1) is 29.4 Å². The Balaban J connectivity index is 1.37. The number of anilines is 2. The van der Waals surface area contributed by atoms with Crippen molar-refractivity contribution in [2.75, 3.05) is 30.4 Å². The molecule has 1 saturated carbocycles. The highest BCUT2D eigenvalue weighted by Crippen LogP contribution is 2.53. The fourth-order valence-electron chi connectivity index (χ4n) is 4.08. The van der Waals surface area contributed by atoms with E-state index in [9.17, 15) is 18.4 Å². The number of ether oxygens (including phenoxy) is 1. The van der Waals surface area contributed by atoms with E-state index in [4.69, 9.17) is 4.74 Å². The molecule has 8 heteroatoms. The Bertz CT molecular complexity index is 903. The van der Waals surface area contributed by atoms with Gasteiger partial charge in [-0.15, -0.1) is 0 Å². The summed E-state index contributed by atoms with van der Waals surface area (Å²) < 4.78 is 34.2. The van der Waals surface area contributed by atoms with Gasteiger partial charge in [-0.25, -0.2) is 13.6 Å². The highest BCUT2D eigenvalue weighted by molar-refractivity contribution is 5.85.